The normalized spacial score (nSPS) is 11.8. The van der Waals surface area contributed by atoms with Crippen LogP contribution in [0.2, 0.25) is 0 Å². The van der Waals surface area contributed by atoms with E-state index in [1.807, 2.05) is 91.0 Å². The Morgan fingerprint density at radius 1 is 0.778 bits per heavy atom. The van der Waals surface area contributed by atoms with Gasteiger partial charge < -0.3 is 15.7 Å². The molecule has 0 bridgehead atoms. The first-order valence-electron chi connectivity index (χ1n) is 9.08. The van der Waals surface area contributed by atoms with Gasteiger partial charge in [0, 0.05) is 13.0 Å². The average Bonchev–Trinajstić information content (AvgIpc) is 2.72. The summed E-state index contributed by atoms with van der Waals surface area (Å²) in [6.45, 7) is 0.191. The summed E-state index contributed by atoms with van der Waals surface area (Å²) in [6.07, 6.45) is -0.132. The van der Waals surface area contributed by atoms with Gasteiger partial charge in [0.1, 0.15) is 0 Å². The molecule has 27 heavy (non-hydrogen) atoms. The third-order valence-electron chi connectivity index (χ3n) is 4.35. The molecule has 1 unspecified atom stereocenters. The van der Waals surface area contributed by atoms with E-state index < -0.39 is 6.10 Å². The fraction of sp³-hybridized carbons (Fsp3) is 0.174. The van der Waals surface area contributed by atoms with E-state index in [4.69, 9.17) is 0 Å². The van der Waals surface area contributed by atoms with Crippen molar-refractivity contribution in [1.82, 2.24) is 10.6 Å². The first kappa shape index (κ1) is 18.7. The van der Waals surface area contributed by atoms with E-state index in [1.165, 1.54) is 0 Å². The van der Waals surface area contributed by atoms with Crippen molar-refractivity contribution in [3.05, 3.63) is 108 Å². The van der Waals surface area contributed by atoms with Crippen molar-refractivity contribution in [3.8, 4) is 0 Å². The number of nitrogens with one attached hydrogen (secondary N) is 2. The van der Waals surface area contributed by atoms with Crippen LogP contribution in [0, 0.1) is 0 Å². The van der Waals surface area contributed by atoms with Gasteiger partial charge in [0.25, 0.3) is 0 Å². The fourth-order valence-electron chi connectivity index (χ4n) is 3.00. The molecule has 0 saturated heterocycles. The smallest absolute Gasteiger partial charge is 0.315 e. The third kappa shape index (κ3) is 5.69. The highest BCUT2D eigenvalue weighted by Gasteiger charge is 2.17. The van der Waals surface area contributed by atoms with Crippen LogP contribution in [0.5, 0.6) is 0 Å². The zero-order valence-corrected chi connectivity index (χ0v) is 15.1. The Bertz CT molecular complexity index is 783. The Labute approximate surface area is 159 Å². The number of aliphatic hydroxyl groups excluding tert-OH is 1. The van der Waals surface area contributed by atoms with Crippen molar-refractivity contribution in [1.29, 1.82) is 0 Å². The van der Waals surface area contributed by atoms with Crippen LogP contribution in [0.3, 0.4) is 0 Å². The van der Waals surface area contributed by atoms with E-state index in [1.54, 1.807) is 0 Å². The molecule has 0 heterocycles. The predicted molar refractivity (Wildman–Crippen MR) is 107 cm³/mol. The summed E-state index contributed by atoms with van der Waals surface area (Å²) in [5.41, 5.74) is 3.05. The maximum atomic E-state index is 12.4. The van der Waals surface area contributed by atoms with E-state index in [9.17, 15) is 9.90 Å². The zero-order valence-electron chi connectivity index (χ0n) is 15.1. The molecule has 1 atom stereocenters. The van der Waals surface area contributed by atoms with Crippen LogP contribution in [-0.2, 0) is 6.42 Å². The van der Waals surface area contributed by atoms with Gasteiger partial charge >= 0.3 is 6.03 Å². The molecule has 2 amide bonds. The quantitative estimate of drug-likeness (QED) is 0.602. The zero-order chi connectivity index (χ0) is 18.9. The monoisotopic (exact) mass is 360 g/mol. The standard InChI is InChI=1S/C23H24N2O2/c26-21(16-18-10-4-1-5-11-18)17-24-23(27)25-22(19-12-6-2-7-13-19)20-14-8-3-9-15-20/h1-15,21-22,26H,16-17H2,(H2,24,25,27). The minimum Gasteiger partial charge on any atom is -0.391 e. The molecule has 0 radical (unpaired) electrons. The van der Waals surface area contributed by atoms with Gasteiger partial charge in [-0.15, -0.1) is 0 Å². The second-order valence-electron chi connectivity index (χ2n) is 6.45. The summed E-state index contributed by atoms with van der Waals surface area (Å²) in [4.78, 5) is 12.4. The van der Waals surface area contributed by atoms with Crippen LogP contribution < -0.4 is 10.6 Å². The van der Waals surface area contributed by atoms with E-state index in [-0.39, 0.29) is 18.6 Å². The van der Waals surface area contributed by atoms with E-state index in [0.29, 0.717) is 6.42 Å². The predicted octanol–water partition coefficient (Wildman–Crippen LogP) is 3.68. The fourth-order valence-corrected chi connectivity index (χ4v) is 3.00. The molecule has 0 saturated carbocycles. The molecule has 3 aromatic carbocycles. The molecular formula is C23H24N2O2. The second-order valence-corrected chi connectivity index (χ2v) is 6.45. The number of carbonyl (C=O) groups excluding carboxylic acids is 1. The maximum absolute atomic E-state index is 12.4. The number of amides is 2. The molecule has 0 fully saturated rings. The highest BCUT2D eigenvalue weighted by Crippen LogP contribution is 2.21. The van der Waals surface area contributed by atoms with E-state index in [2.05, 4.69) is 10.6 Å². The number of hydrogen-bond acceptors (Lipinski definition) is 2. The van der Waals surface area contributed by atoms with Crippen molar-refractivity contribution < 1.29 is 9.90 Å². The highest BCUT2D eigenvalue weighted by molar-refractivity contribution is 5.75. The number of benzene rings is 3. The molecule has 0 spiro atoms. The van der Waals surface area contributed by atoms with Gasteiger partial charge in [-0.25, -0.2) is 4.79 Å². The lowest BCUT2D eigenvalue weighted by atomic mass is 9.99. The Balaban J connectivity index is 1.60. The Morgan fingerprint density at radius 2 is 1.26 bits per heavy atom. The molecule has 4 heteroatoms. The second kappa shape index (κ2) is 9.55. The third-order valence-corrected chi connectivity index (χ3v) is 4.35. The minimum atomic E-state index is -0.634. The number of hydrogen-bond donors (Lipinski definition) is 3. The molecule has 3 rings (SSSR count). The van der Waals surface area contributed by atoms with Gasteiger partial charge in [0.15, 0.2) is 0 Å². The number of urea groups is 1. The van der Waals surface area contributed by atoms with Gasteiger partial charge in [-0.2, -0.15) is 0 Å². The summed E-state index contributed by atoms with van der Waals surface area (Å²) in [6, 6.07) is 28.8. The Hall–Kier alpha value is -3.11. The van der Waals surface area contributed by atoms with Gasteiger partial charge in [-0.05, 0) is 16.7 Å². The van der Waals surface area contributed by atoms with Crippen molar-refractivity contribution in [2.45, 2.75) is 18.6 Å². The number of aliphatic hydroxyl groups is 1. The molecule has 138 valence electrons. The maximum Gasteiger partial charge on any atom is 0.315 e. The van der Waals surface area contributed by atoms with Crippen LogP contribution in [0.1, 0.15) is 22.7 Å². The Morgan fingerprint density at radius 3 is 1.78 bits per heavy atom. The van der Waals surface area contributed by atoms with E-state index in [0.717, 1.165) is 16.7 Å². The highest BCUT2D eigenvalue weighted by atomic mass is 16.3. The number of carbonyl (C=O) groups is 1. The lowest BCUT2D eigenvalue weighted by Crippen LogP contribution is -2.42. The van der Waals surface area contributed by atoms with Gasteiger partial charge in [-0.1, -0.05) is 91.0 Å². The number of rotatable bonds is 7. The molecule has 0 aliphatic rings. The van der Waals surface area contributed by atoms with Crippen LogP contribution >= 0.6 is 0 Å². The van der Waals surface area contributed by atoms with Crippen LogP contribution in [-0.4, -0.2) is 23.8 Å². The molecule has 3 aromatic rings. The average molecular weight is 360 g/mol. The van der Waals surface area contributed by atoms with E-state index >= 15 is 0 Å². The lowest BCUT2D eigenvalue weighted by Gasteiger charge is -2.21. The van der Waals surface area contributed by atoms with Crippen molar-refractivity contribution in [2.24, 2.45) is 0 Å². The van der Waals surface area contributed by atoms with Crippen LogP contribution in [0.25, 0.3) is 0 Å². The summed E-state index contributed by atoms with van der Waals surface area (Å²) in [7, 11) is 0. The first-order chi connectivity index (χ1) is 13.2. The molecular weight excluding hydrogens is 336 g/mol. The molecule has 3 N–H and O–H groups in total. The molecule has 0 aliphatic heterocycles. The minimum absolute atomic E-state index is 0.191. The molecule has 0 aliphatic carbocycles. The van der Waals surface area contributed by atoms with Gasteiger partial charge in [0.05, 0.1) is 12.1 Å². The van der Waals surface area contributed by atoms with Crippen molar-refractivity contribution >= 4 is 6.03 Å². The van der Waals surface area contributed by atoms with Crippen LogP contribution in [0.15, 0.2) is 91.0 Å². The first-order valence-corrected chi connectivity index (χ1v) is 9.08. The summed E-state index contributed by atoms with van der Waals surface area (Å²) < 4.78 is 0. The topological polar surface area (TPSA) is 61.4 Å². The summed E-state index contributed by atoms with van der Waals surface area (Å²) >= 11 is 0. The SMILES string of the molecule is O=C(NCC(O)Cc1ccccc1)NC(c1ccccc1)c1ccccc1. The largest absolute Gasteiger partial charge is 0.391 e. The van der Waals surface area contributed by atoms with Gasteiger partial charge in [-0.3, -0.25) is 0 Å². The van der Waals surface area contributed by atoms with Crippen molar-refractivity contribution in [2.75, 3.05) is 6.54 Å². The van der Waals surface area contributed by atoms with Gasteiger partial charge in [0.2, 0.25) is 0 Å². The van der Waals surface area contributed by atoms with Crippen LogP contribution in [0.4, 0.5) is 4.79 Å². The summed E-state index contributed by atoms with van der Waals surface area (Å²) in [5, 5.41) is 16.0. The lowest BCUT2D eigenvalue weighted by molar-refractivity contribution is 0.170. The Kier molecular flexibility index (Phi) is 6.61. The molecule has 4 nitrogen and oxygen atoms in total. The molecule has 0 aromatic heterocycles. The summed E-state index contributed by atoms with van der Waals surface area (Å²) in [5.74, 6) is 0. The van der Waals surface area contributed by atoms with Crippen molar-refractivity contribution in [3.63, 3.8) is 0 Å².